The van der Waals surface area contributed by atoms with Gasteiger partial charge in [0.05, 0.1) is 5.92 Å². The average Bonchev–Trinajstić information content (AvgIpc) is 3.25. The highest BCUT2D eigenvalue weighted by Crippen LogP contribution is 2.31. The molecule has 7 heteroatoms. The Morgan fingerprint density at radius 1 is 1.03 bits per heavy atom. The third kappa shape index (κ3) is 3.99. The molecular formula is C24H29N5OS. The number of rotatable bonds is 3. The minimum Gasteiger partial charge on any atom is -0.368 e. The Bertz CT molecular complexity index is 1060. The van der Waals surface area contributed by atoms with Crippen LogP contribution in [0.15, 0.2) is 36.5 Å². The summed E-state index contributed by atoms with van der Waals surface area (Å²) >= 11 is 1.63. The van der Waals surface area contributed by atoms with Gasteiger partial charge in [-0.2, -0.15) is 0 Å². The van der Waals surface area contributed by atoms with Gasteiger partial charge in [-0.05, 0) is 56.0 Å². The number of benzene rings is 1. The molecule has 0 unspecified atom stereocenters. The van der Waals surface area contributed by atoms with E-state index in [9.17, 15) is 4.79 Å². The minimum absolute atomic E-state index is 0.0565. The van der Waals surface area contributed by atoms with E-state index in [1.54, 1.807) is 11.3 Å². The monoisotopic (exact) mass is 435 g/mol. The lowest BCUT2D eigenvalue weighted by Crippen LogP contribution is -2.52. The third-order valence-electron chi connectivity index (χ3n) is 6.70. The van der Waals surface area contributed by atoms with Crippen LogP contribution in [0.4, 0.5) is 10.8 Å². The zero-order valence-electron chi connectivity index (χ0n) is 18.3. The smallest absolute Gasteiger partial charge is 0.227 e. The third-order valence-corrected chi connectivity index (χ3v) is 7.74. The molecule has 0 N–H and O–H groups in total. The molecule has 4 heterocycles. The molecule has 31 heavy (non-hydrogen) atoms. The van der Waals surface area contributed by atoms with Crippen LogP contribution < -0.4 is 9.80 Å². The summed E-state index contributed by atoms with van der Waals surface area (Å²) in [7, 11) is 0. The van der Waals surface area contributed by atoms with E-state index < -0.39 is 0 Å². The summed E-state index contributed by atoms with van der Waals surface area (Å²) in [6.07, 6.45) is 3.81. The van der Waals surface area contributed by atoms with Gasteiger partial charge in [-0.15, -0.1) is 0 Å². The Morgan fingerprint density at radius 3 is 2.68 bits per heavy atom. The van der Waals surface area contributed by atoms with Gasteiger partial charge in [-0.3, -0.25) is 4.79 Å². The van der Waals surface area contributed by atoms with E-state index in [4.69, 9.17) is 4.98 Å². The quantitative estimate of drug-likeness (QED) is 0.625. The average molecular weight is 436 g/mol. The fraction of sp³-hybridized carbons (Fsp3) is 0.458. The molecule has 5 rings (SSSR count). The van der Waals surface area contributed by atoms with Crippen molar-refractivity contribution < 1.29 is 4.79 Å². The molecule has 0 saturated carbocycles. The summed E-state index contributed by atoms with van der Waals surface area (Å²) in [5.74, 6) is 0.366. The Hall–Kier alpha value is -2.67. The maximum atomic E-state index is 13.3. The van der Waals surface area contributed by atoms with Crippen molar-refractivity contribution in [1.29, 1.82) is 0 Å². The zero-order chi connectivity index (χ0) is 21.4. The van der Waals surface area contributed by atoms with Crippen LogP contribution in [-0.4, -0.2) is 60.0 Å². The highest BCUT2D eigenvalue weighted by atomic mass is 32.1. The summed E-state index contributed by atoms with van der Waals surface area (Å²) in [6, 6.07) is 10.4. The van der Waals surface area contributed by atoms with Crippen molar-refractivity contribution in [1.82, 2.24) is 14.9 Å². The lowest BCUT2D eigenvalue weighted by molar-refractivity contribution is -0.136. The Balaban J connectivity index is 1.23. The number of fused-ring (bicyclic) bond motifs is 1. The van der Waals surface area contributed by atoms with Gasteiger partial charge >= 0.3 is 0 Å². The number of aromatic nitrogens is 2. The summed E-state index contributed by atoms with van der Waals surface area (Å²) in [5, 5.41) is 0.992. The van der Waals surface area contributed by atoms with E-state index in [0.29, 0.717) is 5.91 Å². The fourth-order valence-electron chi connectivity index (χ4n) is 4.75. The molecule has 2 aliphatic heterocycles. The van der Waals surface area contributed by atoms with Gasteiger partial charge in [0, 0.05) is 51.2 Å². The van der Waals surface area contributed by atoms with Crippen LogP contribution in [-0.2, 0) is 4.79 Å². The zero-order valence-corrected chi connectivity index (χ0v) is 19.1. The molecule has 2 aromatic heterocycles. The predicted octanol–water partition coefficient (Wildman–Crippen LogP) is 3.87. The molecule has 0 radical (unpaired) electrons. The maximum absolute atomic E-state index is 13.3. The van der Waals surface area contributed by atoms with Crippen LogP contribution in [0, 0.1) is 19.8 Å². The SMILES string of the molecule is Cc1cccc(N2CCN(C(=O)[C@@H]3CCCN(c4nc5cccnc5s4)C3)CC2)c1C. The Morgan fingerprint density at radius 2 is 1.87 bits per heavy atom. The molecule has 0 bridgehead atoms. The molecule has 1 atom stereocenters. The summed E-state index contributed by atoms with van der Waals surface area (Å²) in [4.78, 5) is 30.2. The Kier molecular flexibility index (Phi) is 5.52. The van der Waals surface area contributed by atoms with Crippen LogP contribution in [0.3, 0.4) is 0 Å². The van der Waals surface area contributed by atoms with Gasteiger partial charge in [0.2, 0.25) is 5.91 Å². The van der Waals surface area contributed by atoms with Crippen molar-refractivity contribution in [3.63, 3.8) is 0 Å². The van der Waals surface area contributed by atoms with Crippen molar-refractivity contribution in [3.05, 3.63) is 47.7 Å². The number of thiazole rings is 1. The number of aryl methyl sites for hydroxylation is 1. The number of carbonyl (C=O) groups excluding carboxylic acids is 1. The van der Waals surface area contributed by atoms with Crippen molar-refractivity contribution in [2.75, 3.05) is 49.1 Å². The lowest BCUT2D eigenvalue weighted by atomic mass is 9.96. The first-order chi connectivity index (χ1) is 15.1. The first-order valence-electron chi connectivity index (χ1n) is 11.2. The lowest BCUT2D eigenvalue weighted by Gasteiger charge is -2.40. The van der Waals surface area contributed by atoms with E-state index in [-0.39, 0.29) is 5.92 Å². The number of piperazine rings is 1. The van der Waals surface area contributed by atoms with E-state index in [2.05, 4.69) is 51.7 Å². The molecule has 2 aliphatic rings. The minimum atomic E-state index is 0.0565. The molecule has 162 valence electrons. The molecule has 2 fully saturated rings. The van der Waals surface area contributed by atoms with Gasteiger partial charge in [-0.1, -0.05) is 23.5 Å². The van der Waals surface area contributed by atoms with E-state index in [0.717, 1.165) is 67.6 Å². The molecule has 1 amide bonds. The normalized spacial score (nSPS) is 19.8. The second-order valence-corrected chi connectivity index (χ2v) is 9.60. The molecular weight excluding hydrogens is 406 g/mol. The standard InChI is InChI=1S/C24H29N5OS/c1-17-6-3-9-21(18(17)2)27-12-14-28(15-13-27)23(30)19-7-5-11-29(16-19)24-26-20-8-4-10-25-22(20)31-24/h3-4,6,8-10,19H,5,7,11-16H2,1-2H3/t19-/m1/s1. The van der Waals surface area contributed by atoms with Crippen molar-refractivity contribution in [2.45, 2.75) is 26.7 Å². The van der Waals surface area contributed by atoms with E-state index in [1.807, 2.05) is 18.3 Å². The molecule has 6 nitrogen and oxygen atoms in total. The number of piperidine rings is 1. The van der Waals surface area contributed by atoms with Crippen LogP contribution in [0.2, 0.25) is 0 Å². The first-order valence-corrected chi connectivity index (χ1v) is 12.0. The highest BCUT2D eigenvalue weighted by Gasteiger charge is 2.32. The second-order valence-electron chi connectivity index (χ2n) is 8.64. The first kappa shape index (κ1) is 20.2. The number of amides is 1. The predicted molar refractivity (Wildman–Crippen MR) is 127 cm³/mol. The number of pyridine rings is 1. The summed E-state index contributed by atoms with van der Waals surface area (Å²) < 4.78 is 0. The van der Waals surface area contributed by atoms with E-state index >= 15 is 0 Å². The van der Waals surface area contributed by atoms with Crippen LogP contribution in [0.5, 0.6) is 0 Å². The summed E-state index contributed by atoms with van der Waals surface area (Å²) in [6.45, 7) is 9.47. The number of anilines is 2. The molecule has 0 spiro atoms. The second kappa shape index (κ2) is 8.46. The number of carbonyl (C=O) groups is 1. The van der Waals surface area contributed by atoms with Crippen LogP contribution >= 0.6 is 11.3 Å². The van der Waals surface area contributed by atoms with Crippen molar-refractivity contribution >= 4 is 38.4 Å². The summed E-state index contributed by atoms with van der Waals surface area (Å²) in [5.41, 5.74) is 4.91. The number of hydrogen-bond donors (Lipinski definition) is 0. The van der Waals surface area contributed by atoms with Crippen molar-refractivity contribution in [3.8, 4) is 0 Å². The number of hydrogen-bond acceptors (Lipinski definition) is 6. The van der Waals surface area contributed by atoms with Gasteiger partial charge in [0.15, 0.2) is 5.13 Å². The van der Waals surface area contributed by atoms with Crippen LogP contribution in [0.25, 0.3) is 10.3 Å². The maximum Gasteiger partial charge on any atom is 0.227 e. The Labute approximate surface area is 187 Å². The van der Waals surface area contributed by atoms with Gasteiger partial charge in [0.25, 0.3) is 0 Å². The van der Waals surface area contributed by atoms with Crippen molar-refractivity contribution in [2.24, 2.45) is 5.92 Å². The van der Waals surface area contributed by atoms with E-state index in [1.165, 1.54) is 16.8 Å². The fourth-order valence-corrected chi connectivity index (χ4v) is 5.69. The molecule has 0 aliphatic carbocycles. The highest BCUT2D eigenvalue weighted by molar-refractivity contribution is 7.21. The molecule has 1 aromatic carbocycles. The number of nitrogens with zero attached hydrogens (tertiary/aromatic N) is 5. The topological polar surface area (TPSA) is 52.6 Å². The van der Waals surface area contributed by atoms with Crippen LogP contribution in [0.1, 0.15) is 24.0 Å². The van der Waals surface area contributed by atoms with Gasteiger partial charge < -0.3 is 14.7 Å². The molecule has 2 saturated heterocycles. The molecule has 3 aromatic rings. The van der Waals surface area contributed by atoms with Gasteiger partial charge in [0.1, 0.15) is 10.3 Å². The largest absolute Gasteiger partial charge is 0.368 e. The van der Waals surface area contributed by atoms with Gasteiger partial charge in [-0.25, -0.2) is 9.97 Å².